The monoisotopic (exact) mass is 379 g/mol. The second-order valence-electron chi connectivity index (χ2n) is 7.26. The third-order valence-corrected chi connectivity index (χ3v) is 3.98. The molecule has 3 aromatic rings. The lowest BCUT2D eigenvalue weighted by Crippen LogP contribution is -2.27. The largest absolute Gasteiger partial charge is 0.485 e. The Morgan fingerprint density at radius 1 is 1.04 bits per heavy atom. The molecule has 1 N–H and O–H groups in total. The number of hydrogen-bond acceptors (Lipinski definition) is 6. The van der Waals surface area contributed by atoms with Crippen molar-refractivity contribution in [2.45, 2.75) is 20.8 Å². The second kappa shape index (κ2) is 8.04. The second-order valence-corrected chi connectivity index (χ2v) is 7.26. The summed E-state index contributed by atoms with van der Waals surface area (Å²) in [5.74, 6) is 0.737. The molecule has 0 aliphatic carbocycles. The highest BCUT2D eigenvalue weighted by atomic mass is 16.5. The van der Waals surface area contributed by atoms with E-state index in [0.717, 1.165) is 5.56 Å². The van der Waals surface area contributed by atoms with E-state index >= 15 is 0 Å². The summed E-state index contributed by atoms with van der Waals surface area (Å²) in [6.45, 7) is 5.43. The van der Waals surface area contributed by atoms with E-state index in [1.54, 1.807) is 48.5 Å². The van der Waals surface area contributed by atoms with Crippen molar-refractivity contribution in [3.05, 3.63) is 60.5 Å². The van der Waals surface area contributed by atoms with Crippen LogP contribution in [0.3, 0.4) is 0 Å². The summed E-state index contributed by atoms with van der Waals surface area (Å²) in [6.07, 6.45) is 1.26. The number of aromatic nitrogens is 2. The van der Waals surface area contributed by atoms with Crippen LogP contribution in [0.4, 0.5) is 5.69 Å². The van der Waals surface area contributed by atoms with E-state index in [0.29, 0.717) is 22.9 Å². The third kappa shape index (κ3) is 4.82. The molecule has 28 heavy (non-hydrogen) atoms. The van der Waals surface area contributed by atoms with Crippen LogP contribution in [0.2, 0.25) is 0 Å². The van der Waals surface area contributed by atoms with Crippen molar-refractivity contribution in [2.75, 3.05) is 11.9 Å². The van der Waals surface area contributed by atoms with Crippen molar-refractivity contribution in [2.24, 2.45) is 5.41 Å². The highest BCUT2D eigenvalue weighted by Gasteiger charge is 2.21. The quantitative estimate of drug-likeness (QED) is 0.651. The van der Waals surface area contributed by atoms with Crippen molar-refractivity contribution in [1.82, 2.24) is 10.2 Å². The van der Waals surface area contributed by atoms with E-state index in [9.17, 15) is 9.59 Å². The number of carbonyl (C=O) groups excluding carboxylic acids is 2. The fraction of sp³-hybridized carbons (Fsp3) is 0.238. The molecule has 0 saturated carbocycles. The highest BCUT2D eigenvalue weighted by molar-refractivity contribution is 5.98. The van der Waals surface area contributed by atoms with E-state index in [1.165, 1.54) is 6.39 Å². The first kappa shape index (κ1) is 19.3. The van der Waals surface area contributed by atoms with E-state index in [1.807, 2.05) is 20.8 Å². The number of Topliss-reactive ketones (excluding diaryl/α,β-unsaturated/α-hetero) is 1. The van der Waals surface area contributed by atoms with Gasteiger partial charge in [-0.1, -0.05) is 20.8 Å². The van der Waals surface area contributed by atoms with Gasteiger partial charge in [-0.3, -0.25) is 9.59 Å². The fourth-order valence-corrected chi connectivity index (χ4v) is 2.28. The Bertz CT molecular complexity index is 941. The van der Waals surface area contributed by atoms with Gasteiger partial charge in [0.1, 0.15) is 5.75 Å². The molecule has 1 aromatic heterocycles. The van der Waals surface area contributed by atoms with Gasteiger partial charge < -0.3 is 14.5 Å². The number of hydrogen-bond donors (Lipinski definition) is 1. The van der Waals surface area contributed by atoms with Crippen LogP contribution in [0.1, 0.15) is 31.1 Å². The molecule has 7 nitrogen and oxygen atoms in total. The number of amides is 1. The van der Waals surface area contributed by atoms with Gasteiger partial charge in [0.05, 0.1) is 0 Å². The van der Waals surface area contributed by atoms with Gasteiger partial charge in [0, 0.05) is 22.2 Å². The molecule has 0 saturated heterocycles. The average molecular weight is 379 g/mol. The van der Waals surface area contributed by atoms with Gasteiger partial charge in [-0.15, -0.1) is 10.2 Å². The van der Waals surface area contributed by atoms with Crippen molar-refractivity contribution in [3.63, 3.8) is 0 Å². The van der Waals surface area contributed by atoms with Gasteiger partial charge >= 0.3 is 0 Å². The molecule has 0 aliphatic heterocycles. The van der Waals surface area contributed by atoms with Gasteiger partial charge in [0.25, 0.3) is 0 Å². The third-order valence-electron chi connectivity index (χ3n) is 3.98. The molecule has 0 unspecified atom stereocenters. The highest BCUT2D eigenvalue weighted by Crippen LogP contribution is 2.21. The Balaban J connectivity index is 1.55. The summed E-state index contributed by atoms with van der Waals surface area (Å²) in [5, 5.41) is 10.3. The zero-order valence-corrected chi connectivity index (χ0v) is 15.9. The number of nitrogens with zero attached hydrogens (tertiary/aromatic N) is 2. The lowest BCUT2D eigenvalue weighted by Gasteiger charge is -2.17. The number of ether oxygens (including phenoxy) is 1. The maximum absolute atomic E-state index is 12.3. The molecule has 2 aromatic carbocycles. The maximum atomic E-state index is 12.3. The Morgan fingerprint density at radius 3 is 2.29 bits per heavy atom. The SMILES string of the molecule is CC(C)(C)C(=O)Nc1ccc(C(=O)COc2ccc(-c3nnco3)cc2)cc1. The summed E-state index contributed by atoms with van der Waals surface area (Å²) in [7, 11) is 0. The molecule has 1 heterocycles. The molecule has 0 radical (unpaired) electrons. The van der Waals surface area contributed by atoms with Crippen LogP contribution in [-0.2, 0) is 4.79 Å². The summed E-state index contributed by atoms with van der Waals surface area (Å²) < 4.78 is 10.7. The van der Waals surface area contributed by atoms with Crippen LogP contribution < -0.4 is 10.1 Å². The van der Waals surface area contributed by atoms with Gasteiger partial charge in [0.2, 0.25) is 18.2 Å². The molecule has 144 valence electrons. The Hall–Kier alpha value is -3.48. The number of rotatable bonds is 6. The number of ketones is 1. The molecule has 0 aliphatic rings. The lowest BCUT2D eigenvalue weighted by molar-refractivity contribution is -0.123. The molecule has 0 fully saturated rings. The van der Waals surface area contributed by atoms with Crippen molar-refractivity contribution in [3.8, 4) is 17.2 Å². The van der Waals surface area contributed by atoms with E-state index < -0.39 is 5.41 Å². The minimum absolute atomic E-state index is 0.0844. The normalized spacial score (nSPS) is 11.1. The van der Waals surface area contributed by atoms with Crippen molar-refractivity contribution in [1.29, 1.82) is 0 Å². The molecular formula is C21H21N3O4. The van der Waals surface area contributed by atoms with E-state index in [4.69, 9.17) is 9.15 Å². The average Bonchev–Trinajstić information content (AvgIpc) is 3.21. The molecular weight excluding hydrogens is 358 g/mol. The predicted molar refractivity (Wildman–Crippen MR) is 104 cm³/mol. The van der Waals surface area contributed by atoms with Crippen LogP contribution in [0.5, 0.6) is 5.75 Å². The first-order valence-corrected chi connectivity index (χ1v) is 8.77. The van der Waals surface area contributed by atoms with Crippen LogP contribution in [-0.4, -0.2) is 28.5 Å². The van der Waals surface area contributed by atoms with Crippen molar-refractivity contribution < 1.29 is 18.7 Å². The number of anilines is 1. The fourth-order valence-electron chi connectivity index (χ4n) is 2.28. The zero-order valence-electron chi connectivity index (χ0n) is 15.9. The number of benzene rings is 2. The van der Waals surface area contributed by atoms with Crippen LogP contribution in [0.25, 0.3) is 11.5 Å². The van der Waals surface area contributed by atoms with Gasteiger partial charge in [-0.25, -0.2) is 0 Å². The smallest absolute Gasteiger partial charge is 0.247 e. The Labute approximate surface area is 162 Å². The maximum Gasteiger partial charge on any atom is 0.247 e. The van der Waals surface area contributed by atoms with E-state index in [2.05, 4.69) is 15.5 Å². The zero-order chi connectivity index (χ0) is 20.1. The lowest BCUT2D eigenvalue weighted by atomic mass is 9.95. The number of carbonyl (C=O) groups is 2. The summed E-state index contributed by atoms with van der Waals surface area (Å²) in [4.78, 5) is 24.3. The summed E-state index contributed by atoms with van der Waals surface area (Å²) >= 11 is 0. The summed E-state index contributed by atoms with van der Waals surface area (Å²) in [5.41, 5.74) is 1.44. The molecule has 7 heteroatoms. The van der Waals surface area contributed by atoms with E-state index in [-0.39, 0.29) is 18.3 Å². The predicted octanol–water partition coefficient (Wildman–Crippen LogP) is 3.98. The minimum Gasteiger partial charge on any atom is -0.485 e. The first-order valence-electron chi connectivity index (χ1n) is 8.77. The van der Waals surface area contributed by atoms with Gasteiger partial charge in [-0.2, -0.15) is 0 Å². The van der Waals surface area contributed by atoms with Crippen LogP contribution >= 0.6 is 0 Å². The standard InChI is InChI=1S/C21H21N3O4/c1-21(2,3)20(26)23-16-8-4-14(5-9-16)18(25)12-27-17-10-6-15(7-11-17)19-24-22-13-28-19/h4-11,13H,12H2,1-3H3,(H,23,26). The van der Waals surface area contributed by atoms with Gasteiger partial charge in [0.15, 0.2) is 12.4 Å². The Kier molecular flexibility index (Phi) is 5.54. The van der Waals surface area contributed by atoms with Crippen molar-refractivity contribution >= 4 is 17.4 Å². The Morgan fingerprint density at radius 2 is 1.71 bits per heavy atom. The molecule has 0 atom stereocenters. The minimum atomic E-state index is -0.485. The first-order chi connectivity index (χ1) is 13.3. The molecule has 0 bridgehead atoms. The van der Waals surface area contributed by atoms with Crippen LogP contribution in [0.15, 0.2) is 59.3 Å². The van der Waals surface area contributed by atoms with Crippen LogP contribution in [0, 0.1) is 5.41 Å². The molecule has 3 rings (SSSR count). The number of nitrogens with one attached hydrogen (secondary N) is 1. The molecule has 1 amide bonds. The summed E-state index contributed by atoms with van der Waals surface area (Å²) in [6, 6.07) is 13.8. The van der Waals surface area contributed by atoms with Gasteiger partial charge in [-0.05, 0) is 48.5 Å². The molecule has 0 spiro atoms. The topological polar surface area (TPSA) is 94.3 Å².